The molecule has 4 rings (SSSR count). The van der Waals surface area contributed by atoms with E-state index in [4.69, 9.17) is 4.74 Å². The van der Waals surface area contributed by atoms with Crippen LogP contribution in [0.15, 0.2) is 60.9 Å². The number of halogens is 1. The van der Waals surface area contributed by atoms with E-state index in [0.29, 0.717) is 31.9 Å². The van der Waals surface area contributed by atoms with Crippen LogP contribution in [0, 0.1) is 5.82 Å². The first-order valence-electron chi connectivity index (χ1n) is 9.80. The summed E-state index contributed by atoms with van der Waals surface area (Å²) in [6, 6.07) is 13.3. The first kappa shape index (κ1) is 19.8. The van der Waals surface area contributed by atoms with Crippen LogP contribution in [-0.4, -0.2) is 58.3 Å². The first-order valence-corrected chi connectivity index (χ1v) is 9.80. The Balaban J connectivity index is 1.32. The van der Waals surface area contributed by atoms with E-state index in [1.54, 1.807) is 24.2 Å². The minimum absolute atomic E-state index is 0.0861. The summed E-state index contributed by atoms with van der Waals surface area (Å²) in [4.78, 5) is 20.7. The second-order valence-corrected chi connectivity index (χ2v) is 7.04. The van der Waals surface area contributed by atoms with Gasteiger partial charge in [0.15, 0.2) is 11.9 Å². The zero-order valence-corrected chi connectivity index (χ0v) is 16.6. The van der Waals surface area contributed by atoms with Crippen LogP contribution in [0.4, 0.5) is 10.2 Å². The van der Waals surface area contributed by atoms with Crippen LogP contribution in [0.1, 0.15) is 6.92 Å². The maximum atomic E-state index is 13.0. The number of nitrogens with zero attached hydrogens (tertiary/aromatic N) is 5. The van der Waals surface area contributed by atoms with Crippen molar-refractivity contribution >= 4 is 11.7 Å². The van der Waals surface area contributed by atoms with Gasteiger partial charge in [-0.25, -0.2) is 4.39 Å². The van der Waals surface area contributed by atoms with E-state index in [1.165, 1.54) is 24.3 Å². The fraction of sp³-hybridized carbons (Fsp3) is 0.273. The number of hydrogen-bond donors (Lipinski definition) is 0. The van der Waals surface area contributed by atoms with Gasteiger partial charge in [-0.3, -0.25) is 9.78 Å². The van der Waals surface area contributed by atoms with E-state index < -0.39 is 6.10 Å². The summed E-state index contributed by atoms with van der Waals surface area (Å²) in [6.45, 7) is 4.18. The number of pyridine rings is 1. The van der Waals surface area contributed by atoms with Crippen LogP contribution in [0.2, 0.25) is 0 Å². The lowest BCUT2D eigenvalue weighted by Gasteiger charge is -2.36. The second kappa shape index (κ2) is 8.86. The van der Waals surface area contributed by atoms with Crippen molar-refractivity contribution in [3.8, 4) is 17.0 Å². The number of hydrogen-bond acceptors (Lipinski definition) is 6. The van der Waals surface area contributed by atoms with Gasteiger partial charge in [-0.05, 0) is 55.5 Å². The lowest BCUT2D eigenvalue weighted by molar-refractivity contribution is -0.138. The van der Waals surface area contributed by atoms with Crippen molar-refractivity contribution in [3.05, 3.63) is 66.7 Å². The van der Waals surface area contributed by atoms with Crippen molar-refractivity contribution in [2.45, 2.75) is 13.0 Å². The molecule has 7 nitrogen and oxygen atoms in total. The van der Waals surface area contributed by atoms with Crippen LogP contribution in [0.25, 0.3) is 11.3 Å². The molecule has 1 aliphatic rings. The summed E-state index contributed by atoms with van der Waals surface area (Å²) in [6.07, 6.45) is 2.83. The molecule has 3 heterocycles. The summed E-state index contributed by atoms with van der Waals surface area (Å²) >= 11 is 0. The van der Waals surface area contributed by atoms with E-state index in [1.807, 2.05) is 24.3 Å². The molecular weight excluding hydrogens is 385 g/mol. The Hall–Kier alpha value is -3.55. The van der Waals surface area contributed by atoms with Gasteiger partial charge in [0, 0.05) is 44.1 Å². The Bertz CT molecular complexity index is 975. The molecule has 154 valence electrons. The van der Waals surface area contributed by atoms with Crippen molar-refractivity contribution in [1.29, 1.82) is 0 Å². The van der Waals surface area contributed by atoms with Crippen LogP contribution in [0.3, 0.4) is 0 Å². The maximum absolute atomic E-state index is 13.0. The lowest BCUT2D eigenvalue weighted by Crippen LogP contribution is -2.52. The highest BCUT2D eigenvalue weighted by molar-refractivity contribution is 5.81. The predicted octanol–water partition coefficient (Wildman–Crippen LogP) is 2.79. The van der Waals surface area contributed by atoms with Crippen molar-refractivity contribution in [3.63, 3.8) is 0 Å². The van der Waals surface area contributed by atoms with Gasteiger partial charge in [-0.15, -0.1) is 10.2 Å². The highest BCUT2D eigenvalue weighted by atomic mass is 19.1. The van der Waals surface area contributed by atoms with Crippen molar-refractivity contribution in [1.82, 2.24) is 20.1 Å². The van der Waals surface area contributed by atoms with Gasteiger partial charge >= 0.3 is 0 Å². The molecule has 0 aliphatic carbocycles. The topological polar surface area (TPSA) is 71.5 Å². The summed E-state index contributed by atoms with van der Waals surface area (Å²) in [7, 11) is 0. The third-order valence-electron chi connectivity index (χ3n) is 5.00. The number of carbonyl (C=O) groups is 1. The number of benzene rings is 1. The molecule has 0 saturated carbocycles. The van der Waals surface area contributed by atoms with E-state index in [-0.39, 0.29) is 11.7 Å². The summed E-state index contributed by atoms with van der Waals surface area (Å²) in [5, 5.41) is 8.64. The molecule has 0 radical (unpaired) electrons. The third kappa shape index (κ3) is 4.53. The van der Waals surface area contributed by atoms with Crippen LogP contribution in [0.5, 0.6) is 5.75 Å². The summed E-state index contributed by atoms with van der Waals surface area (Å²) < 4.78 is 18.7. The zero-order valence-electron chi connectivity index (χ0n) is 16.6. The minimum atomic E-state index is -0.638. The molecule has 1 fully saturated rings. The fourth-order valence-corrected chi connectivity index (χ4v) is 3.34. The van der Waals surface area contributed by atoms with Gasteiger partial charge in [0.1, 0.15) is 11.6 Å². The van der Waals surface area contributed by atoms with Gasteiger partial charge in [0.05, 0.1) is 5.69 Å². The monoisotopic (exact) mass is 407 g/mol. The van der Waals surface area contributed by atoms with Gasteiger partial charge in [0.25, 0.3) is 5.91 Å². The molecule has 1 aromatic carbocycles. The Labute approximate surface area is 174 Å². The second-order valence-electron chi connectivity index (χ2n) is 7.04. The molecule has 30 heavy (non-hydrogen) atoms. The predicted molar refractivity (Wildman–Crippen MR) is 111 cm³/mol. The molecule has 0 spiro atoms. The number of aromatic nitrogens is 3. The minimum Gasteiger partial charge on any atom is -0.481 e. The molecule has 2 aromatic heterocycles. The van der Waals surface area contributed by atoms with Crippen molar-refractivity contribution in [2.75, 3.05) is 31.1 Å². The molecule has 3 aromatic rings. The van der Waals surface area contributed by atoms with Gasteiger partial charge < -0.3 is 14.5 Å². The van der Waals surface area contributed by atoms with Gasteiger partial charge in [0.2, 0.25) is 0 Å². The van der Waals surface area contributed by atoms with Gasteiger partial charge in [-0.2, -0.15) is 0 Å². The Morgan fingerprint density at radius 3 is 2.43 bits per heavy atom. The molecule has 0 bridgehead atoms. The molecule has 1 amide bonds. The number of carbonyl (C=O) groups excluding carboxylic acids is 1. The Kier molecular flexibility index (Phi) is 5.83. The van der Waals surface area contributed by atoms with E-state index in [2.05, 4.69) is 20.1 Å². The van der Waals surface area contributed by atoms with Gasteiger partial charge in [-0.1, -0.05) is 0 Å². The molecule has 1 saturated heterocycles. The molecule has 8 heteroatoms. The smallest absolute Gasteiger partial charge is 0.263 e. The van der Waals surface area contributed by atoms with Crippen molar-refractivity contribution in [2.24, 2.45) is 0 Å². The third-order valence-corrected chi connectivity index (χ3v) is 5.00. The Morgan fingerprint density at radius 2 is 1.80 bits per heavy atom. The molecule has 0 N–H and O–H groups in total. The average Bonchev–Trinajstić information content (AvgIpc) is 2.81. The molecule has 1 aliphatic heterocycles. The average molecular weight is 407 g/mol. The SMILES string of the molecule is CC(Oc1ccc(F)cc1)C(=O)N1CCN(c2ccc(-c3cccnc3)nn2)CC1. The first-order chi connectivity index (χ1) is 14.6. The van der Waals surface area contributed by atoms with E-state index in [9.17, 15) is 9.18 Å². The molecular formula is C22H22FN5O2. The number of amides is 1. The van der Waals surface area contributed by atoms with Crippen LogP contribution < -0.4 is 9.64 Å². The van der Waals surface area contributed by atoms with E-state index in [0.717, 1.165) is 17.1 Å². The number of rotatable bonds is 5. The van der Waals surface area contributed by atoms with Crippen LogP contribution >= 0.6 is 0 Å². The lowest BCUT2D eigenvalue weighted by atomic mass is 10.2. The maximum Gasteiger partial charge on any atom is 0.263 e. The number of anilines is 1. The largest absolute Gasteiger partial charge is 0.481 e. The normalized spacial score (nSPS) is 15.0. The summed E-state index contributed by atoms with van der Waals surface area (Å²) in [5.74, 6) is 0.830. The molecule has 1 unspecified atom stereocenters. The van der Waals surface area contributed by atoms with Crippen molar-refractivity contribution < 1.29 is 13.9 Å². The Morgan fingerprint density at radius 1 is 1.03 bits per heavy atom. The highest BCUT2D eigenvalue weighted by Gasteiger charge is 2.26. The van der Waals surface area contributed by atoms with Crippen LogP contribution in [-0.2, 0) is 4.79 Å². The standard InChI is InChI=1S/C22H22FN5O2/c1-16(30-19-6-4-18(23)5-7-19)22(29)28-13-11-27(12-14-28)21-9-8-20(25-26-21)17-3-2-10-24-15-17/h2-10,15-16H,11-14H2,1H3. The highest BCUT2D eigenvalue weighted by Crippen LogP contribution is 2.19. The number of ether oxygens (including phenoxy) is 1. The fourth-order valence-electron chi connectivity index (χ4n) is 3.34. The zero-order chi connectivity index (χ0) is 20.9. The van der Waals surface area contributed by atoms with E-state index >= 15 is 0 Å². The quantitative estimate of drug-likeness (QED) is 0.648. The summed E-state index contributed by atoms with van der Waals surface area (Å²) in [5.41, 5.74) is 1.69. The number of piperazine rings is 1. The molecule has 1 atom stereocenters.